The standard InChI is InChI=1S/C12H17NO6S2/c1-7-4-13(5-9(6-14)19-7)21(17,18)11-3-10(12(15)16)20-8(11)2/h3,7,9,14H,4-6H2,1-2H3,(H,15,16). The Bertz CT molecular complexity index is 638. The summed E-state index contributed by atoms with van der Waals surface area (Å²) in [7, 11) is -3.79. The van der Waals surface area contributed by atoms with Crippen molar-refractivity contribution in [3.63, 3.8) is 0 Å². The minimum absolute atomic E-state index is 0.00825. The van der Waals surface area contributed by atoms with Crippen molar-refractivity contribution >= 4 is 27.3 Å². The number of rotatable bonds is 4. The predicted molar refractivity (Wildman–Crippen MR) is 76.2 cm³/mol. The highest BCUT2D eigenvalue weighted by molar-refractivity contribution is 7.89. The quantitative estimate of drug-likeness (QED) is 0.831. The van der Waals surface area contributed by atoms with Crippen LogP contribution in [0.1, 0.15) is 21.5 Å². The summed E-state index contributed by atoms with van der Waals surface area (Å²) in [5, 5.41) is 18.1. The molecule has 1 aromatic heterocycles. The third-order valence-electron chi connectivity index (χ3n) is 3.20. The van der Waals surface area contributed by atoms with Crippen molar-refractivity contribution in [1.82, 2.24) is 4.31 Å². The van der Waals surface area contributed by atoms with Gasteiger partial charge in [0.2, 0.25) is 10.0 Å². The van der Waals surface area contributed by atoms with Crippen LogP contribution in [-0.4, -0.2) is 60.8 Å². The first kappa shape index (κ1) is 16.4. The Hall–Kier alpha value is -1.00. The van der Waals surface area contributed by atoms with Crippen molar-refractivity contribution in [3.8, 4) is 0 Å². The Labute approximate surface area is 126 Å². The smallest absolute Gasteiger partial charge is 0.345 e. The fourth-order valence-corrected chi connectivity index (χ4v) is 5.21. The molecule has 1 fully saturated rings. The fraction of sp³-hybridized carbons (Fsp3) is 0.583. The van der Waals surface area contributed by atoms with Gasteiger partial charge in [-0.25, -0.2) is 13.2 Å². The van der Waals surface area contributed by atoms with Gasteiger partial charge in [0.1, 0.15) is 4.88 Å². The Kier molecular flexibility index (Phi) is 4.69. The summed E-state index contributed by atoms with van der Waals surface area (Å²) in [6.07, 6.45) is -0.898. The van der Waals surface area contributed by atoms with E-state index in [0.29, 0.717) is 4.88 Å². The van der Waals surface area contributed by atoms with Crippen molar-refractivity contribution in [2.24, 2.45) is 0 Å². The first-order chi connectivity index (χ1) is 9.75. The molecule has 9 heteroatoms. The summed E-state index contributed by atoms with van der Waals surface area (Å²) in [6.45, 7) is 3.28. The molecule has 2 unspecified atom stereocenters. The van der Waals surface area contributed by atoms with Crippen molar-refractivity contribution in [3.05, 3.63) is 15.8 Å². The lowest BCUT2D eigenvalue weighted by atomic mass is 10.2. The number of morpholine rings is 1. The van der Waals surface area contributed by atoms with Gasteiger partial charge in [0, 0.05) is 18.0 Å². The molecule has 2 N–H and O–H groups in total. The molecule has 0 saturated carbocycles. The van der Waals surface area contributed by atoms with Crippen LogP contribution in [0.15, 0.2) is 11.0 Å². The van der Waals surface area contributed by atoms with Gasteiger partial charge in [-0.3, -0.25) is 0 Å². The van der Waals surface area contributed by atoms with Crippen molar-refractivity contribution < 1.29 is 28.2 Å². The van der Waals surface area contributed by atoms with E-state index in [1.165, 1.54) is 10.4 Å². The molecule has 0 aliphatic carbocycles. The van der Waals surface area contributed by atoms with Gasteiger partial charge in [-0.1, -0.05) is 0 Å². The Morgan fingerprint density at radius 3 is 2.71 bits per heavy atom. The molecule has 2 rings (SSSR count). The van der Waals surface area contributed by atoms with Crippen molar-refractivity contribution in [1.29, 1.82) is 0 Å². The molecule has 2 atom stereocenters. The van der Waals surface area contributed by atoms with Crippen LogP contribution in [0.2, 0.25) is 0 Å². The maximum Gasteiger partial charge on any atom is 0.345 e. The molecule has 7 nitrogen and oxygen atoms in total. The third kappa shape index (κ3) is 3.27. The summed E-state index contributed by atoms with van der Waals surface area (Å²) < 4.78 is 32.0. The molecule has 1 saturated heterocycles. The van der Waals surface area contributed by atoms with Crippen LogP contribution in [-0.2, 0) is 14.8 Å². The Balaban J connectivity index is 2.35. The number of carboxylic acid groups (broad SMARTS) is 1. The number of ether oxygens (including phenoxy) is 1. The number of aliphatic hydroxyl groups is 1. The van der Waals surface area contributed by atoms with E-state index in [1.54, 1.807) is 13.8 Å². The van der Waals surface area contributed by atoms with Gasteiger partial charge in [-0.05, 0) is 19.9 Å². The van der Waals surface area contributed by atoms with E-state index in [0.717, 1.165) is 11.3 Å². The third-order valence-corrected chi connectivity index (χ3v) is 6.32. The van der Waals surface area contributed by atoms with Crippen LogP contribution in [0.3, 0.4) is 0 Å². The van der Waals surface area contributed by atoms with Gasteiger partial charge in [-0.2, -0.15) is 4.31 Å². The highest BCUT2D eigenvalue weighted by Gasteiger charge is 2.35. The average Bonchev–Trinajstić information content (AvgIpc) is 2.81. The van der Waals surface area contributed by atoms with E-state index in [1.807, 2.05) is 0 Å². The lowest BCUT2D eigenvalue weighted by Gasteiger charge is -2.35. The molecular weight excluding hydrogens is 318 g/mol. The summed E-state index contributed by atoms with van der Waals surface area (Å²) in [5.41, 5.74) is 0. The number of aryl methyl sites for hydroxylation is 1. The second-order valence-electron chi connectivity index (χ2n) is 4.91. The molecule has 0 amide bonds. The molecule has 1 aromatic rings. The summed E-state index contributed by atoms with van der Waals surface area (Å²) >= 11 is 0.935. The normalized spacial score (nSPS) is 24.1. The van der Waals surface area contributed by atoms with Crippen LogP contribution >= 0.6 is 11.3 Å². The minimum atomic E-state index is -3.79. The van der Waals surface area contributed by atoms with Gasteiger partial charge in [0.25, 0.3) is 0 Å². The monoisotopic (exact) mass is 335 g/mol. The van der Waals surface area contributed by atoms with Crippen LogP contribution < -0.4 is 0 Å². The van der Waals surface area contributed by atoms with Crippen molar-refractivity contribution in [2.45, 2.75) is 31.0 Å². The number of thiophene rings is 1. The lowest BCUT2D eigenvalue weighted by molar-refractivity contribution is -0.0750. The molecule has 1 aliphatic rings. The van der Waals surface area contributed by atoms with E-state index in [9.17, 15) is 18.3 Å². The van der Waals surface area contributed by atoms with E-state index >= 15 is 0 Å². The number of carbonyl (C=O) groups is 1. The topological polar surface area (TPSA) is 104 Å². The first-order valence-corrected chi connectivity index (χ1v) is 8.61. The SMILES string of the molecule is Cc1sc(C(=O)O)cc1S(=O)(=O)N1CC(C)OC(CO)C1. The van der Waals surface area contributed by atoms with Crippen LogP contribution in [0.4, 0.5) is 0 Å². The highest BCUT2D eigenvalue weighted by atomic mass is 32.2. The molecule has 21 heavy (non-hydrogen) atoms. The minimum Gasteiger partial charge on any atom is -0.477 e. The van der Waals surface area contributed by atoms with E-state index in [2.05, 4.69) is 0 Å². The molecular formula is C12H17NO6S2. The molecule has 0 bridgehead atoms. The van der Waals surface area contributed by atoms with Gasteiger partial charge < -0.3 is 14.9 Å². The molecule has 118 valence electrons. The zero-order valence-electron chi connectivity index (χ0n) is 11.6. The number of hydrogen-bond acceptors (Lipinski definition) is 6. The predicted octanol–water partition coefficient (Wildman–Crippen LogP) is 0.525. The molecule has 2 heterocycles. The second kappa shape index (κ2) is 6.01. The largest absolute Gasteiger partial charge is 0.477 e. The number of hydrogen-bond donors (Lipinski definition) is 2. The van der Waals surface area contributed by atoms with E-state index < -0.39 is 22.1 Å². The zero-order chi connectivity index (χ0) is 15.8. The van der Waals surface area contributed by atoms with Crippen LogP contribution in [0.25, 0.3) is 0 Å². The Morgan fingerprint density at radius 1 is 1.52 bits per heavy atom. The zero-order valence-corrected chi connectivity index (χ0v) is 13.3. The van der Waals surface area contributed by atoms with E-state index in [-0.39, 0.29) is 35.6 Å². The van der Waals surface area contributed by atoms with Gasteiger partial charge in [0.15, 0.2) is 0 Å². The fourth-order valence-electron chi connectivity index (χ4n) is 2.27. The van der Waals surface area contributed by atoms with Crippen LogP contribution in [0, 0.1) is 6.92 Å². The van der Waals surface area contributed by atoms with E-state index in [4.69, 9.17) is 9.84 Å². The first-order valence-electron chi connectivity index (χ1n) is 6.36. The molecule has 1 aliphatic heterocycles. The van der Waals surface area contributed by atoms with Crippen molar-refractivity contribution in [2.75, 3.05) is 19.7 Å². The average molecular weight is 335 g/mol. The summed E-state index contributed by atoms with van der Waals surface area (Å²) in [4.78, 5) is 11.4. The number of carboxylic acids is 1. The maximum absolute atomic E-state index is 12.7. The molecule has 0 spiro atoms. The lowest BCUT2D eigenvalue weighted by Crippen LogP contribution is -2.50. The number of aliphatic hydroxyl groups excluding tert-OH is 1. The number of aromatic carboxylic acids is 1. The molecule has 0 radical (unpaired) electrons. The Morgan fingerprint density at radius 2 is 2.19 bits per heavy atom. The summed E-state index contributed by atoms with van der Waals surface area (Å²) in [5.74, 6) is -1.15. The highest BCUT2D eigenvalue weighted by Crippen LogP contribution is 2.29. The molecule has 0 aromatic carbocycles. The summed E-state index contributed by atoms with van der Waals surface area (Å²) in [6, 6.07) is 1.19. The van der Waals surface area contributed by atoms with Gasteiger partial charge >= 0.3 is 5.97 Å². The second-order valence-corrected chi connectivity index (χ2v) is 8.07. The van der Waals surface area contributed by atoms with Gasteiger partial charge in [0.05, 0.1) is 23.7 Å². The maximum atomic E-state index is 12.7. The number of nitrogens with zero attached hydrogens (tertiary/aromatic N) is 1. The van der Waals surface area contributed by atoms with Gasteiger partial charge in [-0.15, -0.1) is 11.3 Å². The van der Waals surface area contributed by atoms with Crippen LogP contribution in [0.5, 0.6) is 0 Å². The number of sulfonamides is 1.